The van der Waals surface area contributed by atoms with Gasteiger partial charge in [0.15, 0.2) is 17.5 Å². The summed E-state index contributed by atoms with van der Waals surface area (Å²) >= 11 is 0. The van der Waals surface area contributed by atoms with Crippen LogP contribution in [0.5, 0.6) is 0 Å². The molecule has 0 atom stereocenters. The molecule has 2 aromatic rings. The van der Waals surface area contributed by atoms with Crippen LogP contribution in [0.1, 0.15) is 0 Å². The Labute approximate surface area is 136 Å². The highest BCUT2D eigenvalue weighted by Gasteiger charge is 2.19. The Bertz CT molecular complexity index is 777. The van der Waals surface area contributed by atoms with Gasteiger partial charge >= 0.3 is 11.8 Å². The van der Waals surface area contributed by atoms with E-state index in [0.29, 0.717) is 11.8 Å². The number of nitrogens with one attached hydrogen (secondary N) is 2. The van der Waals surface area contributed by atoms with Gasteiger partial charge in [0, 0.05) is 25.5 Å². The summed E-state index contributed by atoms with van der Waals surface area (Å²) in [7, 11) is 3.69. The van der Waals surface area contributed by atoms with Gasteiger partial charge in [-0.15, -0.1) is 0 Å². The second-order valence-electron chi connectivity index (χ2n) is 5.07. The van der Waals surface area contributed by atoms with Crippen molar-refractivity contribution in [2.45, 2.75) is 0 Å². The van der Waals surface area contributed by atoms with Crippen molar-refractivity contribution in [2.75, 3.05) is 29.6 Å². The third-order valence-electron chi connectivity index (χ3n) is 3.13. The number of carbonyl (C=O) groups excluding carboxylic acids is 2. The van der Waals surface area contributed by atoms with Crippen LogP contribution in [0.3, 0.4) is 0 Å². The Morgan fingerprint density at radius 3 is 2.00 bits per heavy atom. The number of nitrogens with zero attached hydrogens (tertiary/aromatic N) is 1. The molecule has 0 unspecified atom stereocenters. The minimum Gasteiger partial charge on any atom is -0.378 e. The number of amides is 2. The largest absolute Gasteiger partial charge is 0.378 e. The molecule has 2 amide bonds. The third kappa shape index (κ3) is 3.83. The predicted octanol–water partition coefficient (Wildman–Crippen LogP) is 2.75. The first-order chi connectivity index (χ1) is 11.3. The topological polar surface area (TPSA) is 61.4 Å². The maximum absolute atomic E-state index is 13.5. The fourth-order valence-corrected chi connectivity index (χ4v) is 1.83. The van der Waals surface area contributed by atoms with E-state index in [1.165, 1.54) is 0 Å². The maximum atomic E-state index is 13.5. The van der Waals surface area contributed by atoms with E-state index in [2.05, 4.69) is 5.32 Å². The van der Waals surface area contributed by atoms with Crippen LogP contribution in [0.15, 0.2) is 36.4 Å². The summed E-state index contributed by atoms with van der Waals surface area (Å²) in [5.41, 5.74) is 0.616. The standard InChI is InChI=1S/C16H14F3N3O2/c1-22(2)10-5-3-9(4-6-10)20-15(23)16(24)21-12-8-7-11(17)13(18)14(12)19/h3-8H,1-2H3,(H,20,23)(H,21,24). The van der Waals surface area contributed by atoms with Gasteiger partial charge in [-0.2, -0.15) is 0 Å². The summed E-state index contributed by atoms with van der Waals surface area (Å²) in [5, 5.41) is 4.20. The lowest BCUT2D eigenvalue weighted by molar-refractivity contribution is -0.133. The van der Waals surface area contributed by atoms with E-state index in [4.69, 9.17) is 0 Å². The summed E-state index contributed by atoms with van der Waals surface area (Å²) in [6, 6.07) is 8.08. The van der Waals surface area contributed by atoms with Gasteiger partial charge in [0.05, 0.1) is 5.69 Å². The molecule has 2 N–H and O–H groups in total. The van der Waals surface area contributed by atoms with Crippen LogP contribution in [0, 0.1) is 17.5 Å². The van der Waals surface area contributed by atoms with Crippen molar-refractivity contribution in [1.29, 1.82) is 0 Å². The fourth-order valence-electron chi connectivity index (χ4n) is 1.83. The molecule has 0 aliphatic heterocycles. The van der Waals surface area contributed by atoms with E-state index in [-0.39, 0.29) is 0 Å². The van der Waals surface area contributed by atoms with E-state index in [9.17, 15) is 22.8 Å². The van der Waals surface area contributed by atoms with Gasteiger partial charge in [-0.1, -0.05) is 0 Å². The van der Waals surface area contributed by atoms with Crippen molar-refractivity contribution >= 4 is 28.9 Å². The van der Waals surface area contributed by atoms with Gasteiger partial charge in [-0.3, -0.25) is 9.59 Å². The number of carbonyl (C=O) groups is 2. The summed E-state index contributed by atoms with van der Waals surface area (Å²) in [5.74, 6) is -6.98. The Morgan fingerprint density at radius 2 is 1.42 bits per heavy atom. The Balaban J connectivity index is 2.05. The zero-order valence-corrected chi connectivity index (χ0v) is 12.9. The van der Waals surface area contributed by atoms with Crippen LogP contribution >= 0.6 is 0 Å². The molecule has 5 nitrogen and oxygen atoms in total. The molecule has 0 heterocycles. The first-order valence-electron chi connectivity index (χ1n) is 6.83. The summed E-state index contributed by atoms with van der Waals surface area (Å²) in [4.78, 5) is 25.4. The first kappa shape index (κ1) is 17.3. The first-order valence-corrected chi connectivity index (χ1v) is 6.83. The average molecular weight is 337 g/mol. The number of hydrogen-bond donors (Lipinski definition) is 2. The maximum Gasteiger partial charge on any atom is 0.314 e. The van der Waals surface area contributed by atoms with Crippen molar-refractivity contribution in [2.24, 2.45) is 0 Å². The fraction of sp³-hybridized carbons (Fsp3) is 0.125. The Morgan fingerprint density at radius 1 is 0.833 bits per heavy atom. The molecule has 0 radical (unpaired) electrons. The molecule has 8 heteroatoms. The highest BCUT2D eigenvalue weighted by atomic mass is 19.2. The van der Waals surface area contributed by atoms with Crippen molar-refractivity contribution in [1.82, 2.24) is 0 Å². The molecule has 0 bridgehead atoms. The minimum absolute atomic E-state index is 0.353. The second-order valence-corrected chi connectivity index (χ2v) is 5.07. The van der Waals surface area contributed by atoms with Crippen molar-refractivity contribution in [3.8, 4) is 0 Å². The molecule has 0 aliphatic rings. The normalized spacial score (nSPS) is 10.2. The van der Waals surface area contributed by atoms with Gasteiger partial charge < -0.3 is 15.5 Å². The predicted molar refractivity (Wildman–Crippen MR) is 84.3 cm³/mol. The van der Waals surface area contributed by atoms with Crippen molar-refractivity contribution in [3.05, 3.63) is 53.8 Å². The molecule has 2 rings (SSSR count). The van der Waals surface area contributed by atoms with Crippen LogP contribution in [0.25, 0.3) is 0 Å². The van der Waals surface area contributed by atoms with Crippen molar-refractivity contribution in [3.63, 3.8) is 0 Å². The Hall–Kier alpha value is -3.03. The van der Waals surface area contributed by atoms with Crippen LogP contribution < -0.4 is 15.5 Å². The monoisotopic (exact) mass is 337 g/mol. The lowest BCUT2D eigenvalue weighted by Crippen LogP contribution is -2.29. The molecule has 0 fully saturated rings. The second kappa shape index (κ2) is 7.03. The SMILES string of the molecule is CN(C)c1ccc(NC(=O)C(=O)Nc2ccc(F)c(F)c2F)cc1. The lowest BCUT2D eigenvalue weighted by Gasteiger charge is -2.13. The molecule has 2 aromatic carbocycles. The lowest BCUT2D eigenvalue weighted by atomic mass is 10.2. The molecule has 0 aliphatic carbocycles. The van der Waals surface area contributed by atoms with E-state index in [1.54, 1.807) is 24.3 Å². The number of hydrogen-bond acceptors (Lipinski definition) is 3. The molecule has 0 spiro atoms. The Kier molecular flexibility index (Phi) is 5.08. The smallest absolute Gasteiger partial charge is 0.314 e. The van der Waals surface area contributed by atoms with E-state index < -0.39 is 35.0 Å². The molecular weight excluding hydrogens is 323 g/mol. The van der Waals surface area contributed by atoms with Gasteiger partial charge in [-0.05, 0) is 36.4 Å². The van der Waals surface area contributed by atoms with E-state index >= 15 is 0 Å². The summed E-state index contributed by atoms with van der Waals surface area (Å²) < 4.78 is 39.4. The van der Waals surface area contributed by atoms with Crippen LogP contribution in [0.2, 0.25) is 0 Å². The zero-order valence-electron chi connectivity index (χ0n) is 12.9. The number of benzene rings is 2. The minimum atomic E-state index is -1.73. The number of halogens is 3. The number of anilines is 3. The molecule has 24 heavy (non-hydrogen) atoms. The van der Waals surface area contributed by atoms with Crippen LogP contribution in [-0.4, -0.2) is 25.9 Å². The van der Waals surface area contributed by atoms with E-state index in [0.717, 1.165) is 11.8 Å². The molecule has 0 saturated carbocycles. The van der Waals surface area contributed by atoms with Gasteiger partial charge in [0.1, 0.15) is 0 Å². The summed E-state index contributed by atoms with van der Waals surface area (Å²) in [6.45, 7) is 0. The third-order valence-corrected chi connectivity index (χ3v) is 3.13. The number of rotatable bonds is 3. The molecule has 0 saturated heterocycles. The summed E-state index contributed by atoms with van der Waals surface area (Å²) in [6.07, 6.45) is 0. The average Bonchev–Trinajstić information content (AvgIpc) is 2.55. The van der Waals surface area contributed by atoms with E-state index in [1.807, 2.05) is 24.3 Å². The van der Waals surface area contributed by atoms with Gasteiger partial charge in [0.2, 0.25) is 0 Å². The molecular formula is C16H14F3N3O2. The molecule has 126 valence electrons. The van der Waals surface area contributed by atoms with Gasteiger partial charge in [-0.25, -0.2) is 13.2 Å². The highest BCUT2D eigenvalue weighted by molar-refractivity contribution is 6.43. The highest BCUT2D eigenvalue weighted by Crippen LogP contribution is 2.20. The van der Waals surface area contributed by atoms with Gasteiger partial charge in [0.25, 0.3) is 0 Å². The zero-order chi connectivity index (χ0) is 17.9. The quantitative estimate of drug-likeness (QED) is 0.669. The molecule has 0 aromatic heterocycles. The van der Waals surface area contributed by atoms with Crippen LogP contribution in [0.4, 0.5) is 30.2 Å². The van der Waals surface area contributed by atoms with Crippen LogP contribution in [-0.2, 0) is 9.59 Å². The van der Waals surface area contributed by atoms with Crippen molar-refractivity contribution < 1.29 is 22.8 Å².